The van der Waals surface area contributed by atoms with Crippen molar-refractivity contribution in [2.24, 2.45) is 0 Å². The van der Waals surface area contributed by atoms with Crippen LogP contribution in [0, 0.1) is 0 Å². The van der Waals surface area contributed by atoms with Crippen molar-refractivity contribution in [3.8, 4) is 39.1 Å². The Morgan fingerprint density at radius 3 is 1.45 bits per heavy atom. The van der Waals surface area contributed by atoms with Crippen molar-refractivity contribution in [1.82, 2.24) is 4.57 Å². The first-order chi connectivity index (χ1) is 28.7. The lowest BCUT2D eigenvalue weighted by Crippen LogP contribution is -2.26. The number of nitrogens with zero attached hydrogens (tertiary/aromatic N) is 2. The van der Waals surface area contributed by atoms with Crippen molar-refractivity contribution < 1.29 is 0 Å². The molecule has 272 valence electrons. The van der Waals surface area contributed by atoms with Gasteiger partial charge in [-0.05, 0) is 122 Å². The number of halogens is 1. The maximum atomic E-state index is 3.88. The molecular formula is C55H35BrN2. The fraction of sp³-hybridized carbons (Fsp3) is 0.0182. The molecule has 1 heterocycles. The van der Waals surface area contributed by atoms with Crippen molar-refractivity contribution >= 4 is 54.8 Å². The maximum Gasteiger partial charge on any atom is 0.0726 e. The van der Waals surface area contributed by atoms with Gasteiger partial charge in [0.2, 0.25) is 0 Å². The Morgan fingerprint density at radius 2 is 0.845 bits per heavy atom. The molecule has 3 heteroatoms. The zero-order valence-electron chi connectivity index (χ0n) is 31.5. The van der Waals surface area contributed by atoms with E-state index in [1.54, 1.807) is 0 Å². The molecule has 10 aromatic rings. The van der Waals surface area contributed by atoms with Crippen molar-refractivity contribution in [2.75, 3.05) is 4.90 Å². The minimum absolute atomic E-state index is 0.407. The lowest BCUT2D eigenvalue weighted by atomic mass is 9.70. The minimum atomic E-state index is -0.407. The highest BCUT2D eigenvalue weighted by Crippen LogP contribution is 2.63. The zero-order valence-corrected chi connectivity index (χ0v) is 33.1. The van der Waals surface area contributed by atoms with Crippen molar-refractivity contribution in [1.29, 1.82) is 0 Å². The van der Waals surface area contributed by atoms with Crippen LogP contribution in [0.15, 0.2) is 217 Å². The second kappa shape index (κ2) is 12.8. The molecule has 0 fully saturated rings. The molecule has 0 saturated carbocycles. The van der Waals surface area contributed by atoms with Crippen LogP contribution in [0.2, 0.25) is 0 Å². The summed E-state index contributed by atoms with van der Waals surface area (Å²) in [5.41, 5.74) is 19.4. The van der Waals surface area contributed by atoms with Gasteiger partial charge in [0.05, 0.1) is 16.4 Å². The van der Waals surface area contributed by atoms with E-state index in [4.69, 9.17) is 0 Å². The molecule has 2 aliphatic carbocycles. The van der Waals surface area contributed by atoms with Crippen LogP contribution in [0.1, 0.15) is 22.3 Å². The molecule has 0 bridgehead atoms. The summed E-state index contributed by atoms with van der Waals surface area (Å²) in [6.45, 7) is 0. The highest BCUT2D eigenvalue weighted by molar-refractivity contribution is 9.10. The zero-order chi connectivity index (χ0) is 38.4. The van der Waals surface area contributed by atoms with Gasteiger partial charge in [-0.25, -0.2) is 0 Å². The van der Waals surface area contributed by atoms with Crippen molar-refractivity contribution in [3.05, 3.63) is 239 Å². The van der Waals surface area contributed by atoms with Crippen LogP contribution >= 0.6 is 15.9 Å². The molecule has 12 rings (SSSR count). The minimum Gasteiger partial charge on any atom is -0.310 e. The molecule has 0 N–H and O–H groups in total. The predicted octanol–water partition coefficient (Wildman–Crippen LogP) is 15.0. The van der Waals surface area contributed by atoms with Gasteiger partial charge in [-0.2, -0.15) is 0 Å². The Morgan fingerprint density at radius 1 is 0.362 bits per heavy atom. The highest BCUT2D eigenvalue weighted by atomic mass is 79.9. The quantitative estimate of drug-likeness (QED) is 0.168. The fourth-order valence-corrected chi connectivity index (χ4v) is 10.6. The fourth-order valence-electron chi connectivity index (χ4n) is 10.1. The first kappa shape index (κ1) is 33.2. The Labute approximate surface area is 346 Å². The van der Waals surface area contributed by atoms with Crippen LogP contribution in [0.3, 0.4) is 0 Å². The Kier molecular flexibility index (Phi) is 7.33. The third kappa shape index (κ3) is 4.71. The largest absolute Gasteiger partial charge is 0.310 e. The monoisotopic (exact) mass is 802 g/mol. The Balaban J connectivity index is 1.00. The summed E-state index contributed by atoms with van der Waals surface area (Å²) in [5.74, 6) is 0. The van der Waals surface area contributed by atoms with Gasteiger partial charge in [-0.1, -0.05) is 162 Å². The number of hydrogen-bond donors (Lipinski definition) is 0. The number of para-hydroxylation sites is 3. The summed E-state index contributed by atoms with van der Waals surface area (Å²) in [6, 6.07) is 78.1. The van der Waals surface area contributed by atoms with E-state index in [9.17, 15) is 0 Å². The number of hydrogen-bond acceptors (Lipinski definition) is 1. The predicted molar refractivity (Wildman–Crippen MR) is 245 cm³/mol. The molecule has 58 heavy (non-hydrogen) atoms. The second-order valence-electron chi connectivity index (χ2n) is 15.4. The molecule has 2 nitrogen and oxygen atoms in total. The molecule has 0 aliphatic heterocycles. The first-order valence-corrected chi connectivity index (χ1v) is 20.7. The summed E-state index contributed by atoms with van der Waals surface area (Å²) >= 11 is 3.88. The summed E-state index contributed by atoms with van der Waals surface area (Å²) in [6.07, 6.45) is 0. The molecular weight excluding hydrogens is 769 g/mol. The molecule has 0 atom stereocenters. The summed E-state index contributed by atoms with van der Waals surface area (Å²) < 4.78 is 3.42. The van der Waals surface area contributed by atoms with Gasteiger partial charge in [0.1, 0.15) is 0 Å². The molecule has 0 amide bonds. The van der Waals surface area contributed by atoms with Gasteiger partial charge in [0, 0.05) is 38.0 Å². The van der Waals surface area contributed by atoms with Gasteiger partial charge in [0.15, 0.2) is 0 Å². The second-order valence-corrected chi connectivity index (χ2v) is 16.3. The maximum absolute atomic E-state index is 3.88. The lowest BCUT2D eigenvalue weighted by Gasteiger charge is -2.32. The third-order valence-electron chi connectivity index (χ3n) is 12.4. The van der Waals surface area contributed by atoms with E-state index >= 15 is 0 Å². The van der Waals surface area contributed by atoms with Crippen LogP contribution in [0.5, 0.6) is 0 Å². The normalized spacial score (nSPS) is 13.1. The van der Waals surface area contributed by atoms with Crippen molar-refractivity contribution in [2.45, 2.75) is 5.41 Å². The molecule has 0 radical (unpaired) electrons. The van der Waals surface area contributed by atoms with Crippen LogP contribution in [0.25, 0.3) is 60.9 Å². The number of anilines is 3. The topological polar surface area (TPSA) is 8.17 Å². The van der Waals surface area contributed by atoms with E-state index in [1.807, 2.05) is 0 Å². The van der Waals surface area contributed by atoms with Crippen LogP contribution in [-0.2, 0) is 5.41 Å². The molecule has 1 spiro atoms. The van der Waals surface area contributed by atoms with E-state index in [0.717, 1.165) is 38.3 Å². The molecule has 9 aromatic carbocycles. The van der Waals surface area contributed by atoms with E-state index in [2.05, 4.69) is 238 Å². The summed E-state index contributed by atoms with van der Waals surface area (Å²) in [7, 11) is 0. The van der Waals surface area contributed by atoms with Gasteiger partial charge in [0.25, 0.3) is 0 Å². The average molecular weight is 804 g/mol. The highest BCUT2D eigenvalue weighted by Gasteiger charge is 2.51. The molecule has 0 saturated heterocycles. The van der Waals surface area contributed by atoms with E-state index < -0.39 is 5.41 Å². The standard InChI is InChI=1S/C55H35BrN2/c56-38-32-37(33-42(34-38)58-53-24-12-7-19-47(53)48-20-8-13-25-54(48)58)36-26-28-40(29-27-36)57(39-14-2-1-3-15-39)41-30-31-46-45-18-6-11-23-51(45)55(52(46)35-41)49-21-9-4-16-43(49)44-17-5-10-22-50(44)55/h1-35H. The summed E-state index contributed by atoms with van der Waals surface area (Å²) in [5, 5.41) is 2.51. The molecule has 0 unspecified atom stereocenters. The summed E-state index contributed by atoms with van der Waals surface area (Å²) in [4.78, 5) is 2.40. The van der Waals surface area contributed by atoms with Gasteiger partial charge >= 0.3 is 0 Å². The van der Waals surface area contributed by atoms with Crippen LogP contribution < -0.4 is 4.90 Å². The number of benzene rings is 9. The van der Waals surface area contributed by atoms with Gasteiger partial charge < -0.3 is 9.47 Å². The van der Waals surface area contributed by atoms with Crippen LogP contribution in [-0.4, -0.2) is 4.57 Å². The van der Waals surface area contributed by atoms with Crippen molar-refractivity contribution in [3.63, 3.8) is 0 Å². The van der Waals surface area contributed by atoms with Gasteiger partial charge in [-0.3, -0.25) is 0 Å². The third-order valence-corrected chi connectivity index (χ3v) is 12.9. The van der Waals surface area contributed by atoms with E-state index in [1.165, 1.54) is 66.3 Å². The van der Waals surface area contributed by atoms with Gasteiger partial charge in [-0.15, -0.1) is 0 Å². The number of fused-ring (bicyclic) bond motifs is 13. The number of rotatable bonds is 5. The number of aromatic nitrogens is 1. The Hall–Kier alpha value is -6.94. The van der Waals surface area contributed by atoms with E-state index in [0.29, 0.717) is 0 Å². The molecule has 1 aromatic heterocycles. The molecule has 2 aliphatic rings. The average Bonchev–Trinajstić information content (AvgIpc) is 3.89. The lowest BCUT2D eigenvalue weighted by molar-refractivity contribution is 0.793. The Bertz CT molecular complexity index is 3130. The van der Waals surface area contributed by atoms with Crippen LogP contribution in [0.4, 0.5) is 17.1 Å². The first-order valence-electron chi connectivity index (χ1n) is 19.9. The SMILES string of the molecule is Brc1cc(-c2ccc(N(c3ccccc3)c3ccc4c(c3)C3(c5ccccc5-c5ccccc53)c3ccccc3-4)cc2)cc(-n2c3ccccc3c3ccccc32)c1. The van der Waals surface area contributed by atoms with E-state index in [-0.39, 0.29) is 0 Å². The smallest absolute Gasteiger partial charge is 0.0726 e.